The van der Waals surface area contributed by atoms with Crippen molar-refractivity contribution >= 4 is 10.0 Å². The first-order valence-electron chi connectivity index (χ1n) is 6.57. The molecule has 0 aromatic heterocycles. The van der Waals surface area contributed by atoms with Crippen LogP contribution in [0.5, 0.6) is 0 Å². The van der Waals surface area contributed by atoms with Gasteiger partial charge in [-0.15, -0.1) is 0 Å². The Morgan fingerprint density at radius 1 is 1.14 bits per heavy atom. The second kappa shape index (κ2) is 6.53. The number of hydrogen-bond donors (Lipinski definition) is 1. The van der Waals surface area contributed by atoms with E-state index in [-0.39, 0.29) is 4.90 Å². The summed E-state index contributed by atoms with van der Waals surface area (Å²) in [5.74, 6) is 0. The molecule has 0 aliphatic heterocycles. The Balaban J connectivity index is 2.05. The summed E-state index contributed by atoms with van der Waals surface area (Å²) in [6.45, 7) is 2.06. The SMILES string of the molecule is Cc1cc(S(=O)(=O)NCCc2ccccc2)ccc1C#N. The van der Waals surface area contributed by atoms with Gasteiger partial charge in [-0.3, -0.25) is 0 Å². The van der Waals surface area contributed by atoms with Gasteiger partial charge in [0.05, 0.1) is 16.5 Å². The van der Waals surface area contributed by atoms with Crippen molar-refractivity contribution in [1.29, 1.82) is 5.26 Å². The molecule has 0 saturated carbocycles. The molecule has 0 aliphatic rings. The lowest BCUT2D eigenvalue weighted by Gasteiger charge is -2.08. The highest BCUT2D eigenvalue weighted by molar-refractivity contribution is 7.89. The van der Waals surface area contributed by atoms with Gasteiger partial charge in [0, 0.05) is 6.54 Å². The van der Waals surface area contributed by atoms with Crippen molar-refractivity contribution in [3.8, 4) is 6.07 Å². The van der Waals surface area contributed by atoms with Gasteiger partial charge in [0.15, 0.2) is 0 Å². The molecule has 0 unspecified atom stereocenters. The van der Waals surface area contributed by atoms with Gasteiger partial charge in [-0.25, -0.2) is 13.1 Å². The van der Waals surface area contributed by atoms with Crippen LogP contribution < -0.4 is 4.72 Å². The molecule has 0 fully saturated rings. The zero-order valence-corrected chi connectivity index (χ0v) is 12.5. The van der Waals surface area contributed by atoms with Gasteiger partial charge in [-0.2, -0.15) is 5.26 Å². The smallest absolute Gasteiger partial charge is 0.211 e. The first-order chi connectivity index (χ1) is 10.0. The highest BCUT2D eigenvalue weighted by atomic mass is 32.2. The number of nitrogens with zero attached hydrogens (tertiary/aromatic N) is 1. The molecule has 0 bridgehead atoms. The second-order valence-electron chi connectivity index (χ2n) is 4.72. The van der Waals surface area contributed by atoms with E-state index in [0.29, 0.717) is 24.1 Å². The predicted octanol–water partition coefficient (Wildman–Crippen LogP) is 2.39. The maximum absolute atomic E-state index is 12.2. The minimum Gasteiger partial charge on any atom is -0.211 e. The van der Waals surface area contributed by atoms with E-state index in [4.69, 9.17) is 5.26 Å². The largest absolute Gasteiger partial charge is 0.240 e. The van der Waals surface area contributed by atoms with Gasteiger partial charge in [0.2, 0.25) is 10.0 Å². The van der Waals surface area contributed by atoms with Gasteiger partial charge < -0.3 is 0 Å². The third kappa shape index (κ3) is 3.91. The van der Waals surface area contributed by atoms with E-state index >= 15 is 0 Å². The minimum absolute atomic E-state index is 0.187. The molecule has 2 rings (SSSR count). The van der Waals surface area contributed by atoms with E-state index in [1.165, 1.54) is 18.2 Å². The Morgan fingerprint density at radius 2 is 1.86 bits per heavy atom. The minimum atomic E-state index is -3.54. The number of hydrogen-bond acceptors (Lipinski definition) is 3. The predicted molar refractivity (Wildman–Crippen MR) is 81.2 cm³/mol. The summed E-state index contributed by atoms with van der Waals surface area (Å²) in [6.07, 6.45) is 0.634. The van der Waals surface area contributed by atoms with Crippen LogP contribution in [-0.2, 0) is 16.4 Å². The van der Waals surface area contributed by atoms with Gasteiger partial charge >= 0.3 is 0 Å². The Morgan fingerprint density at radius 3 is 2.48 bits per heavy atom. The molecule has 2 aromatic carbocycles. The Hall–Kier alpha value is -2.16. The Kier molecular flexibility index (Phi) is 4.73. The molecule has 2 aromatic rings. The van der Waals surface area contributed by atoms with E-state index in [9.17, 15) is 8.42 Å². The molecule has 1 N–H and O–H groups in total. The standard InChI is InChI=1S/C16H16N2O2S/c1-13-11-16(8-7-15(13)12-17)21(19,20)18-10-9-14-5-3-2-4-6-14/h2-8,11,18H,9-10H2,1H3. The van der Waals surface area contributed by atoms with Crippen LogP contribution in [0.2, 0.25) is 0 Å². The Labute approximate surface area is 125 Å². The van der Waals surface area contributed by atoms with Crippen molar-refractivity contribution in [2.45, 2.75) is 18.2 Å². The first-order valence-corrected chi connectivity index (χ1v) is 8.05. The third-order valence-electron chi connectivity index (χ3n) is 3.18. The van der Waals surface area contributed by atoms with Crippen molar-refractivity contribution in [2.24, 2.45) is 0 Å². The quantitative estimate of drug-likeness (QED) is 0.921. The first kappa shape index (κ1) is 15.2. The van der Waals surface area contributed by atoms with Crippen molar-refractivity contribution < 1.29 is 8.42 Å². The lowest BCUT2D eigenvalue weighted by atomic mass is 10.1. The van der Waals surface area contributed by atoms with Gasteiger partial charge in [0.25, 0.3) is 0 Å². The van der Waals surface area contributed by atoms with Crippen molar-refractivity contribution in [2.75, 3.05) is 6.54 Å². The monoisotopic (exact) mass is 300 g/mol. The van der Waals surface area contributed by atoms with E-state index in [1.807, 2.05) is 36.4 Å². The fourth-order valence-corrected chi connectivity index (χ4v) is 3.10. The van der Waals surface area contributed by atoms with E-state index in [0.717, 1.165) is 5.56 Å². The second-order valence-corrected chi connectivity index (χ2v) is 6.49. The summed E-state index contributed by atoms with van der Waals surface area (Å²) < 4.78 is 26.9. The van der Waals surface area contributed by atoms with Crippen LogP contribution in [0, 0.1) is 18.3 Å². The van der Waals surface area contributed by atoms with Crippen molar-refractivity contribution in [3.63, 3.8) is 0 Å². The molecule has 0 spiro atoms. The van der Waals surface area contributed by atoms with Crippen molar-refractivity contribution in [1.82, 2.24) is 4.72 Å². The third-order valence-corrected chi connectivity index (χ3v) is 4.64. The van der Waals surface area contributed by atoms with E-state index < -0.39 is 10.0 Å². The zero-order chi connectivity index (χ0) is 15.3. The molecule has 0 amide bonds. The van der Waals surface area contributed by atoms with Gasteiger partial charge in [0.1, 0.15) is 0 Å². The molecule has 0 atom stereocenters. The van der Waals surface area contributed by atoms with Crippen LogP contribution in [-0.4, -0.2) is 15.0 Å². The molecular weight excluding hydrogens is 284 g/mol. The van der Waals surface area contributed by atoms with E-state index in [1.54, 1.807) is 6.92 Å². The number of nitrogens with one attached hydrogen (secondary N) is 1. The zero-order valence-electron chi connectivity index (χ0n) is 11.7. The summed E-state index contributed by atoms with van der Waals surface area (Å²) in [5, 5.41) is 8.86. The average Bonchev–Trinajstić information content (AvgIpc) is 2.48. The van der Waals surface area contributed by atoms with Crippen LogP contribution in [0.15, 0.2) is 53.4 Å². The van der Waals surface area contributed by atoms with Gasteiger partial charge in [-0.05, 0) is 42.7 Å². The topological polar surface area (TPSA) is 70.0 Å². The van der Waals surface area contributed by atoms with Crippen LogP contribution >= 0.6 is 0 Å². The summed E-state index contributed by atoms with van der Waals surface area (Å²) in [5.41, 5.74) is 2.22. The van der Waals surface area contributed by atoms with Crippen LogP contribution in [0.4, 0.5) is 0 Å². The lowest BCUT2D eigenvalue weighted by Crippen LogP contribution is -2.26. The fourth-order valence-electron chi connectivity index (χ4n) is 1.99. The molecular formula is C16H16N2O2S. The number of sulfonamides is 1. The maximum atomic E-state index is 12.2. The molecule has 108 valence electrons. The molecule has 5 heteroatoms. The van der Waals surface area contributed by atoms with Crippen LogP contribution in [0.25, 0.3) is 0 Å². The number of nitriles is 1. The summed E-state index contributed by atoms with van der Waals surface area (Å²) in [4.78, 5) is 0.187. The maximum Gasteiger partial charge on any atom is 0.240 e. The highest BCUT2D eigenvalue weighted by Gasteiger charge is 2.14. The normalized spacial score (nSPS) is 11.0. The number of rotatable bonds is 5. The average molecular weight is 300 g/mol. The highest BCUT2D eigenvalue weighted by Crippen LogP contribution is 2.14. The van der Waals surface area contributed by atoms with Crippen LogP contribution in [0.1, 0.15) is 16.7 Å². The summed E-state index contributed by atoms with van der Waals surface area (Å²) >= 11 is 0. The number of aryl methyl sites for hydroxylation is 1. The lowest BCUT2D eigenvalue weighted by molar-refractivity contribution is 0.581. The summed E-state index contributed by atoms with van der Waals surface area (Å²) in [7, 11) is -3.54. The molecule has 0 radical (unpaired) electrons. The fraction of sp³-hybridized carbons (Fsp3) is 0.188. The van der Waals surface area contributed by atoms with Crippen LogP contribution in [0.3, 0.4) is 0 Å². The molecule has 0 heterocycles. The number of benzene rings is 2. The van der Waals surface area contributed by atoms with Crippen molar-refractivity contribution in [3.05, 3.63) is 65.2 Å². The Bertz CT molecular complexity index is 763. The summed E-state index contributed by atoms with van der Waals surface area (Å²) in [6, 6.07) is 16.2. The molecule has 21 heavy (non-hydrogen) atoms. The molecule has 4 nitrogen and oxygen atoms in total. The van der Waals surface area contributed by atoms with Gasteiger partial charge in [-0.1, -0.05) is 30.3 Å². The molecule has 0 saturated heterocycles. The van der Waals surface area contributed by atoms with E-state index in [2.05, 4.69) is 4.72 Å². The molecule has 0 aliphatic carbocycles.